The molecule has 2 aromatic rings. The molecule has 0 fully saturated rings. The van der Waals surface area contributed by atoms with Crippen molar-refractivity contribution in [2.45, 2.75) is 26.8 Å². The van der Waals surface area contributed by atoms with Crippen LogP contribution in [0, 0.1) is 6.92 Å². The highest BCUT2D eigenvalue weighted by molar-refractivity contribution is 6.34. The molecule has 0 unspecified atom stereocenters. The highest BCUT2D eigenvalue weighted by atomic mass is 35.5. The molecule has 0 saturated heterocycles. The molecule has 0 radical (unpaired) electrons. The van der Waals surface area contributed by atoms with Gasteiger partial charge in [0.15, 0.2) is 0 Å². The summed E-state index contributed by atoms with van der Waals surface area (Å²) in [5.74, 6) is -0.186. The number of pyridine rings is 1. The van der Waals surface area contributed by atoms with Gasteiger partial charge < -0.3 is 0 Å². The average Bonchev–Trinajstić information content (AvgIpc) is 2.70. The van der Waals surface area contributed by atoms with Crippen LogP contribution in [-0.2, 0) is 6.54 Å². The Morgan fingerprint density at radius 3 is 2.94 bits per heavy atom. The molecular formula is C13H14ClN3O. The van der Waals surface area contributed by atoms with E-state index in [4.69, 9.17) is 11.6 Å². The van der Waals surface area contributed by atoms with E-state index in [1.807, 2.05) is 19.9 Å². The van der Waals surface area contributed by atoms with Gasteiger partial charge in [-0.1, -0.05) is 18.5 Å². The van der Waals surface area contributed by atoms with E-state index in [2.05, 4.69) is 10.1 Å². The summed E-state index contributed by atoms with van der Waals surface area (Å²) in [6.45, 7) is 4.61. The van der Waals surface area contributed by atoms with E-state index in [9.17, 15) is 4.79 Å². The molecule has 4 nitrogen and oxygen atoms in total. The largest absolute Gasteiger partial charge is 0.285 e. The summed E-state index contributed by atoms with van der Waals surface area (Å²) >= 11 is 6.03. The van der Waals surface area contributed by atoms with Crippen molar-refractivity contribution in [2.24, 2.45) is 0 Å². The number of halogens is 1. The maximum absolute atomic E-state index is 12.4. The maximum Gasteiger partial charge on any atom is 0.230 e. The van der Waals surface area contributed by atoms with Crippen molar-refractivity contribution in [3.8, 4) is 0 Å². The van der Waals surface area contributed by atoms with Gasteiger partial charge in [0.25, 0.3) is 0 Å². The minimum atomic E-state index is -0.186. The lowest BCUT2D eigenvalue weighted by molar-refractivity contribution is 0.102. The van der Waals surface area contributed by atoms with Crippen molar-refractivity contribution >= 4 is 17.4 Å². The Bertz CT molecular complexity index is 577. The maximum atomic E-state index is 12.4. The van der Waals surface area contributed by atoms with E-state index in [-0.39, 0.29) is 5.78 Å². The summed E-state index contributed by atoms with van der Waals surface area (Å²) in [5.41, 5.74) is 1.80. The molecule has 0 aliphatic carbocycles. The van der Waals surface area contributed by atoms with Gasteiger partial charge in [0.1, 0.15) is 11.4 Å². The van der Waals surface area contributed by atoms with Gasteiger partial charge in [-0.2, -0.15) is 5.10 Å². The van der Waals surface area contributed by atoms with Crippen LogP contribution in [0.3, 0.4) is 0 Å². The SMILES string of the molecule is CCCn1ncc(Cl)c1C(=O)c1cc(C)ccn1. The smallest absolute Gasteiger partial charge is 0.230 e. The standard InChI is InChI=1S/C13H14ClN3O/c1-3-6-17-12(10(14)8-16-17)13(18)11-7-9(2)4-5-15-11/h4-5,7-8H,3,6H2,1-2H3. The van der Waals surface area contributed by atoms with Gasteiger partial charge in [0.2, 0.25) is 5.78 Å². The molecule has 0 aliphatic heterocycles. The zero-order valence-electron chi connectivity index (χ0n) is 10.4. The van der Waals surface area contributed by atoms with Crippen molar-refractivity contribution in [3.63, 3.8) is 0 Å². The summed E-state index contributed by atoms with van der Waals surface area (Å²) in [7, 11) is 0. The number of ketones is 1. The Labute approximate surface area is 111 Å². The minimum Gasteiger partial charge on any atom is -0.285 e. The summed E-state index contributed by atoms with van der Waals surface area (Å²) < 4.78 is 1.63. The van der Waals surface area contributed by atoms with Gasteiger partial charge >= 0.3 is 0 Å². The summed E-state index contributed by atoms with van der Waals surface area (Å²) in [6, 6.07) is 3.60. The highest BCUT2D eigenvalue weighted by Gasteiger charge is 2.19. The first-order valence-electron chi connectivity index (χ1n) is 5.82. The van der Waals surface area contributed by atoms with Crippen molar-refractivity contribution < 1.29 is 4.79 Å². The molecule has 0 amide bonds. The third-order valence-electron chi connectivity index (χ3n) is 2.59. The molecule has 0 saturated carbocycles. The molecule has 18 heavy (non-hydrogen) atoms. The topological polar surface area (TPSA) is 47.8 Å². The number of hydrogen-bond acceptors (Lipinski definition) is 3. The van der Waals surface area contributed by atoms with E-state index in [1.54, 1.807) is 16.9 Å². The predicted molar refractivity (Wildman–Crippen MR) is 69.9 cm³/mol. The van der Waals surface area contributed by atoms with Gasteiger partial charge in [0.05, 0.1) is 11.2 Å². The van der Waals surface area contributed by atoms with E-state index < -0.39 is 0 Å². The lowest BCUT2D eigenvalue weighted by Crippen LogP contribution is -2.13. The van der Waals surface area contributed by atoms with Crippen LogP contribution in [0.2, 0.25) is 5.02 Å². The number of hydrogen-bond donors (Lipinski definition) is 0. The van der Waals surface area contributed by atoms with Gasteiger partial charge in [-0.15, -0.1) is 0 Å². The number of aryl methyl sites for hydroxylation is 2. The van der Waals surface area contributed by atoms with E-state index in [0.717, 1.165) is 12.0 Å². The molecular weight excluding hydrogens is 250 g/mol. The van der Waals surface area contributed by atoms with Crippen molar-refractivity contribution in [2.75, 3.05) is 0 Å². The lowest BCUT2D eigenvalue weighted by atomic mass is 10.1. The predicted octanol–water partition coefficient (Wildman–Crippen LogP) is 2.88. The zero-order valence-corrected chi connectivity index (χ0v) is 11.1. The number of nitrogens with zero attached hydrogens (tertiary/aromatic N) is 3. The first kappa shape index (κ1) is 12.8. The third kappa shape index (κ3) is 2.43. The first-order valence-corrected chi connectivity index (χ1v) is 6.20. The van der Waals surface area contributed by atoms with Crippen LogP contribution >= 0.6 is 11.6 Å². The number of rotatable bonds is 4. The molecule has 0 atom stereocenters. The first-order chi connectivity index (χ1) is 8.63. The monoisotopic (exact) mass is 263 g/mol. The molecule has 0 aromatic carbocycles. The molecule has 0 bridgehead atoms. The summed E-state index contributed by atoms with van der Waals surface area (Å²) in [6.07, 6.45) is 4.01. The second-order valence-corrected chi connectivity index (χ2v) is 4.52. The molecule has 2 rings (SSSR count). The molecule has 94 valence electrons. The highest BCUT2D eigenvalue weighted by Crippen LogP contribution is 2.19. The second-order valence-electron chi connectivity index (χ2n) is 4.11. The van der Waals surface area contributed by atoms with Crippen molar-refractivity contribution in [3.05, 3.63) is 46.5 Å². The quantitative estimate of drug-likeness (QED) is 0.797. The molecule has 5 heteroatoms. The Hall–Kier alpha value is -1.68. The van der Waals surface area contributed by atoms with Crippen LogP contribution in [0.1, 0.15) is 35.1 Å². The van der Waals surface area contributed by atoms with E-state index in [0.29, 0.717) is 23.0 Å². The Morgan fingerprint density at radius 2 is 2.28 bits per heavy atom. The average molecular weight is 264 g/mol. The Balaban J connectivity index is 2.42. The fourth-order valence-electron chi connectivity index (χ4n) is 1.75. The Kier molecular flexibility index (Phi) is 3.77. The third-order valence-corrected chi connectivity index (χ3v) is 2.87. The number of aromatic nitrogens is 3. The van der Waals surface area contributed by atoms with Crippen LogP contribution in [-0.4, -0.2) is 20.5 Å². The molecule has 0 aliphatic rings. The molecule has 0 spiro atoms. The van der Waals surface area contributed by atoms with Crippen LogP contribution in [0.4, 0.5) is 0 Å². The normalized spacial score (nSPS) is 10.6. The van der Waals surface area contributed by atoms with Gasteiger partial charge in [0, 0.05) is 12.7 Å². The number of carbonyl (C=O) groups excluding carboxylic acids is 1. The van der Waals surface area contributed by atoms with Crippen molar-refractivity contribution in [1.82, 2.24) is 14.8 Å². The lowest BCUT2D eigenvalue weighted by Gasteiger charge is -2.05. The number of carbonyl (C=O) groups is 1. The van der Waals surface area contributed by atoms with Crippen LogP contribution in [0.5, 0.6) is 0 Å². The molecule has 2 aromatic heterocycles. The van der Waals surface area contributed by atoms with E-state index in [1.165, 1.54) is 6.20 Å². The van der Waals surface area contributed by atoms with Crippen molar-refractivity contribution in [1.29, 1.82) is 0 Å². The summed E-state index contributed by atoms with van der Waals surface area (Å²) in [5, 5.41) is 4.48. The van der Waals surface area contributed by atoms with Crippen LogP contribution < -0.4 is 0 Å². The van der Waals surface area contributed by atoms with Gasteiger partial charge in [-0.3, -0.25) is 14.5 Å². The fraction of sp³-hybridized carbons (Fsp3) is 0.308. The minimum absolute atomic E-state index is 0.186. The molecule has 0 N–H and O–H groups in total. The zero-order chi connectivity index (χ0) is 13.1. The molecule has 2 heterocycles. The van der Waals surface area contributed by atoms with Crippen LogP contribution in [0.15, 0.2) is 24.5 Å². The Morgan fingerprint density at radius 1 is 1.50 bits per heavy atom. The fourth-order valence-corrected chi connectivity index (χ4v) is 1.98. The summed E-state index contributed by atoms with van der Waals surface area (Å²) in [4.78, 5) is 16.5. The second kappa shape index (κ2) is 5.31. The van der Waals surface area contributed by atoms with Gasteiger partial charge in [-0.05, 0) is 31.0 Å². The van der Waals surface area contributed by atoms with Crippen LogP contribution in [0.25, 0.3) is 0 Å². The van der Waals surface area contributed by atoms with E-state index >= 15 is 0 Å². The van der Waals surface area contributed by atoms with Gasteiger partial charge in [-0.25, -0.2) is 0 Å².